The summed E-state index contributed by atoms with van der Waals surface area (Å²) >= 11 is 0. The van der Waals surface area contributed by atoms with E-state index in [1.165, 1.54) is 11.4 Å². The van der Waals surface area contributed by atoms with Crippen LogP contribution in [-0.4, -0.2) is 34.3 Å². The van der Waals surface area contributed by atoms with Gasteiger partial charge in [-0.3, -0.25) is 9.58 Å². The molecule has 0 aromatic carbocycles. The van der Waals surface area contributed by atoms with E-state index in [0.29, 0.717) is 12.5 Å². The van der Waals surface area contributed by atoms with Gasteiger partial charge in [-0.15, -0.1) is 0 Å². The molecule has 0 aliphatic heterocycles. The summed E-state index contributed by atoms with van der Waals surface area (Å²) in [5.74, 6) is 0.667. The van der Waals surface area contributed by atoms with Gasteiger partial charge in [-0.05, 0) is 18.4 Å². The average Bonchev–Trinajstić information content (AvgIpc) is 2.59. The van der Waals surface area contributed by atoms with Gasteiger partial charge in [-0.25, -0.2) is 0 Å². The van der Waals surface area contributed by atoms with Crippen molar-refractivity contribution in [2.24, 2.45) is 18.7 Å². The molecule has 0 aliphatic rings. The summed E-state index contributed by atoms with van der Waals surface area (Å²) in [6, 6.07) is 2.20. The van der Waals surface area contributed by atoms with Crippen molar-refractivity contribution in [3.8, 4) is 0 Å². The lowest BCUT2D eigenvalue weighted by Gasteiger charge is -2.23. The lowest BCUT2D eigenvalue weighted by Crippen LogP contribution is -2.32. The number of nitrogens with two attached hydrogens (primary N) is 1. The Labute approximate surface area is 105 Å². The van der Waals surface area contributed by atoms with E-state index in [1.807, 2.05) is 11.7 Å². The Morgan fingerprint density at radius 1 is 1.47 bits per heavy atom. The topological polar surface area (TPSA) is 47.1 Å². The van der Waals surface area contributed by atoms with Crippen LogP contribution in [0.4, 0.5) is 0 Å². The van der Waals surface area contributed by atoms with E-state index in [9.17, 15) is 0 Å². The summed E-state index contributed by atoms with van der Waals surface area (Å²) in [6.07, 6.45) is 0.995. The van der Waals surface area contributed by atoms with Crippen molar-refractivity contribution in [2.75, 3.05) is 19.6 Å². The average molecular weight is 238 g/mol. The molecule has 0 amide bonds. The molecule has 4 heteroatoms. The molecule has 0 aliphatic carbocycles. The highest BCUT2D eigenvalue weighted by atomic mass is 15.3. The fourth-order valence-corrected chi connectivity index (χ4v) is 2.06. The summed E-state index contributed by atoms with van der Waals surface area (Å²) < 4.78 is 1.99. The minimum absolute atomic E-state index is 0.667. The van der Waals surface area contributed by atoms with E-state index < -0.39 is 0 Å². The number of rotatable bonds is 7. The smallest absolute Gasteiger partial charge is 0.0625 e. The predicted octanol–water partition coefficient (Wildman–Crippen LogP) is 1.40. The third-order valence-corrected chi connectivity index (χ3v) is 2.84. The Kier molecular flexibility index (Phi) is 5.65. The molecule has 1 aromatic heterocycles. The molecule has 0 saturated carbocycles. The second-order valence-corrected chi connectivity index (χ2v) is 5.02. The Morgan fingerprint density at radius 2 is 2.18 bits per heavy atom. The second-order valence-electron chi connectivity index (χ2n) is 5.02. The molecule has 0 bridgehead atoms. The molecule has 1 aromatic rings. The first-order valence-electron chi connectivity index (χ1n) is 6.51. The van der Waals surface area contributed by atoms with Gasteiger partial charge >= 0.3 is 0 Å². The van der Waals surface area contributed by atoms with Gasteiger partial charge in [-0.2, -0.15) is 5.10 Å². The highest BCUT2D eigenvalue weighted by molar-refractivity contribution is 5.10. The van der Waals surface area contributed by atoms with Gasteiger partial charge in [0, 0.05) is 33.2 Å². The number of aryl methyl sites for hydroxylation is 2. The zero-order valence-electron chi connectivity index (χ0n) is 11.6. The Balaban J connectivity index is 2.67. The van der Waals surface area contributed by atoms with Crippen LogP contribution in [0.2, 0.25) is 0 Å². The third kappa shape index (κ3) is 4.48. The van der Waals surface area contributed by atoms with Gasteiger partial charge < -0.3 is 5.73 Å². The van der Waals surface area contributed by atoms with Crippen molar-refractivity contribution in [3.05, 3.63) is 17.5 Å². The van der Waals surface area contributed by atoms with E-state index in [2.05, 4.69) is 36.8 Å². The van der Waals surface area contributed by atoms with Gasteiger partial charge in [0.05, 0.1) is 11.4 Å². The van der Waals surface area contributed by atoms with Gasteiger partial charge in [0.2, 0.25) is 0 Å². The first kappa shape index (κ1) is 14.2. The SMILES string of the molecule is CCc1cc(CN(CCN)CC(C)C)n(C)n1. The minimum Gasteiger partial charge on any atom is -0.329 e. The summed E-state index contributed by atoms with van der Waals surface area (Å²) in [7, 11) is 2.02. The molecule has 2 N–H and O–H groups in total. The van der Waals surface area contributed by atoms with E-state index in [-0.39, 0.29) is 0 Å². The second kappa shape index (κ2) is 6.77. The summed E-state index contributed by atoms with van der Waals surface area (Å²) in [4.78, 5) is 2.40. The summed E-state index contributed by atoms with van der Waals surface area (Å²) in [6.45, 7) is 10.3. The largest absolute Gasteiger partial charge is 0.329 e. The highest BCUT2D eigenvalue weighted by Crippen LogP contribution is 2.09. The lowest BCUT2D eigenvalue weighted by atomic mass is 10.2. The predicted molar refractivity (Wildman–Crippen MR) is 71.8 cm³/mol. The first-order chi connectivity index (χ1) is 8.06. The van der Waals surface area contributed by atoms with Crippen molar-refractivity contribution in [2.45, 2.75) is 33.7 Å². The van der Waals surface area contributed by atoms with Crippen molar-refractivity contribution < 1.29 is 0 Å². The molecule has 0 saturated heterocycles. The molecule has 1 heterocycles. The number of nitrogens with zero attached hydrogens (tertiary/aromatic N) is 3. The molecule has 0 spiro atoms. The Morgan fingerprint density at radius 3 is 2.65 bits per heavy atom. The number of hydrogen-bond acceptors (Lipinski definition) is 3. The standard InChI is InChI=1S/C13H26N4/c1-5-12-8-13(16(4)15-12)10-17(7-6-14)9-11(2)3/h8,11H,5-7,9-10,14H2,1-4H3. The van der Waals surface area contributed by atoms with Crippen LogP contribution >= 0.6 is 0 Å². The maximum Gasteiger partial charge on any atom is 0.0625 e. The van der Waals surface area contributed by atoms with Crippen LogP contribution in [0.1, 0.15) is 32.2 Å². The fourth-order valence-electron chi connectivity index (χ4n) is 2.06. The van der Waals surface area contributed by atoms with Crippen LogP contribution in [0.5, 0.6) is 0 Å². The number of hydrogen-bond donors (Lipinski definition) is 1. The van der Waals surface area contributed by atoms with Crippen molar-refractivity contribution >= 4 is 0 Å². The van der Waals surface area contributed by atoms with E-state index in [1.54, 1.807) is 0 Å². The number of aromatic nitrogens is 2. The summed E-state index contributed by atoms with van der Waals surface area (Å²) in [5, 5.41) is 4.48. The molecule has 0 radical (unpaired) electrons. The van der Waals surface area contributed by atoms with E-state index in [0.717, 1.165) is 26.1 Å². The zero-order valence-corrected chi connectivity index (χ0v) is 11.6. The molecule has 17 heavy (non-hydrogen) atoms. The molecular weight excluding hydrogens is 212 g/mol. The Bertz CT molecular complexity index is 330. The van der Waals surface area contributed by atoms with Crippen molar-refractivity contribution in [3.63, 3.8) is 0 Å². The van der Waals surface area contributed by atoms with Gasteiger partial charge in [-0.1, -0.05) is 20.8 Å². The normalized spacial score (nSPS) is 11.7. The third-order valence-electron chi connectivity index (χ3n) is 2.84. The lowest BCUT2D eigenvalue weighted by molar-refractivity contribution is 0.237. The van der Waals surface area contributed by atoms with Gasteiger partial charge in [0.25, 0.3) is 0 Å². The summed E-state index contributed by atoms with van der Waals surface area (Å²) in [5.41, 5.74) is 8.10. The van der Waals surface area contributed by atoms with Crippen LogP contribution in [0.15, 0.2) is 6.07 Å². The van der Waals surface area contributed by atoms with Crippen LogP contribution in [0.3, 0.4) is 0 Å². The maximum absolute atomic E-state index is 5.66. The molecule has 4 nitrogen and oxygen atoms in total. The van der Waals surface area contributed by atoms with Crippen LogP contribution < -0.4 is 5.73 Å². The highest BCUT2D eigenvalue weighted by Gasteiger charge is 2.11. The van der Waals surface area contributed by atoms with Gasteiger partial charge in [0.1, 0.15) is 0 Å². The fraction of sp³-hybridized carbons (Fsp3) is 0.769. The van der Waals surface area contributed by atoms with Crippen LogP contribution in [0.25, 0.3) is 0 Å². The zero-order chi connectivity index (χ0) is 12.8. The molecule has 98 valence electrons. The van der Waals surface area contributed by atoms with Crippen LogP contribution in [-0.2, 0) is 20.0 Å². The van der Waals surface area contributed by atoms with Crippen molar-refractivity contribution in [1.82, 2.24) is 14.7 Å². The molecular formula is C13H26N4. The van der Waals surface area contributed by atoms with E-state index >= 15 is 0 Å². The molecule has 0 unspecified atom stereocenters. The quantitative estimate of drug-likeness (QED) is 0.781. The maximum atomic E-state index is 5.66. The van der Waals surface area contributed by atoms with Gasteiger partial charge in [0.15, 0.2) is 0 Å². The Hall–Kier alpha value is -0.870. The monoisotopic (exact) mass is 238 g/mol. The molecule has 1 rings (SSSR count). The van der Waals surface area contributed by atoms with E-state index in [4.69, 9.17) is 5.73 Å². The van der Waals surface area contributed by atoms with Crippen LogP contribution in [0, 0.1) is 5.92 Å². The van der Waals surface area contributed by atoms with Crippen molar-refractivity contribution in [1.29, 1.82) is 0 Å². The molecule has 0 atom stereocenters. The first-order valence-corrected chi connectivity index (χ1v) is 6.51. The minimum atomic E-state index is 0.667. The molecule has 0 fully saturated rings.